The van der Waals surface area contributed by atoms with Gasteiger partial charge in [-0.1, -0.05) is 53.5 Å². The third-order valence-corrected chi connectivity index (χ3v) is 3.53. The van der Waals surface area contributed by atoms with Gasteiger partial charge in [0, 0.05) is 10.0 Å². The summed E-state index contributed by atoms with van der Waals surface area (Å²) in [6, 6.07) is 15.2. The number of carbonyl (C=O) groups is 1. The van der Waals surface area contributed by atoms with Gasteiger partial charge in [-0.05, 0) is 36.2 Å². The molecule has 0 aliphatic heterocycles. The van der Waals surface area contributed by atoms with E-state index < -0.39 is 0 Å². The highest BCUT2D eigenvalue weighted by atomic mass is 79.9. The van der Waals surface area contributed by atoms with Crippen LogP contribution in [0.25, 0.3) is 0 Å². The zero-order chi connectivity index (χ0) is 14.4. The quantitative estimate of drug-likeness (QED) is 0.719. The molecule has 0 N–H and O–H groups in total. The summed E-state index contributed by atoms with van der Waals surface area (Å²) in [7, 11) is 0. The van der Waals surface area contributed by atoms with E-state index in [1.54, 1.807) is 0 Å². The van der Waals surface area contributed by atoms with Crippen LogP contribution in [0.2, 0.25) is 0 Å². The Morgan fingerprint density at radius 2 is 1.70 bits per heavy atom. The van der Waals surface area contributed by atoms with Crippen LogP contribution in [0.4, 0.5) is 0 Å². The summed E-state index contributed by atoms with van der Waals surface area (Å²) in [5.41, 5.74) is 1.96. The van der Waals surface area contributed by atoms with Crippen molar-refractivity contribution in [2.24, 2.45) is 0 Å². The zero-order valence-electron chi connectivity index (χ0n) is 11.4. The molecule has 0 bridgehead atoms. The number of rotatable bonds is 6. The molecule has 0 atom stereocenters. The molecule has 3 heteroatoms. The van der Waals surface area contributed by atoms with Crippen molar-refractivity contribution in [3.8, 4) is 5.75 Å². The van der Waals surface area contributed by atoms with Crippen molar-refractivity contribution in [1.82, 2.24) is 0 Å². The molecule has 0 aliphatic rings. The van der Waals surface area contributed by atoms with Crippen LogP contribution >= 0.6 is 15.9 Å². The van der Waals surface area contributed by atoms with Gasteiger partial charge in [0.1, 0.15) is 5.75 Å². The van der Waals surface area contributed by atoms with Crippen LogP contribution in [-0.4, -0.2) is 12.4 Å². The Hall–Kier alpha value is -1.61. The normalized spacial score (nSPS) is 10.3. The maximum absolute atomic E-state index is 12.0. The van der Waals surface area contributed by atoms with Gasteiger partial charge in [-0.15, -0.1) is 0 Å². The van der Waals surface area contributed by atoms with Crippen molar-refractivity contribution >= 4 is 21.7 Å². The first-order chi connectivity index (χ1) is 9.69. The third kappa shape index (κ3) is 4.20. The van der Waals surface area contributed by atoms with E-state index in [0.717, 1.165) is 17.3 Å². The standard InChI is InChI=1S/C17H17BrO2/c1-2-3-13-4-6-14(7-5-13)17(19)12-20-16-10-8-15(18)9-11-16/h4-11H,2-3,12H2,1H3. The fourth-order valence-corrected chi connectivity index (χ4v) is 2.17. The fourth-order valence-electron chi connectivity index (χ4n) is 1.91. The second kappa shape index (κ2) is 7.25. The van der Waals surface area contributed by atoms with Crippen LogP contribution in [0.1, 0.15) is 29.3 Å². The van der Waals surface area contributed by atoms with Crippen LogP contribution in [0.15, 0.2) is 53.0 Å². The molecule has 2 aromatic carbocycles. The van der Waals surface area contributed by atoms with Gasteiger partial charge < -0.3 is 4.74 Å². The summed E-state index contributed by atoms with van der Waals surface area (Å²) in [5.74, 6) is 0.695. The first-order valence-electron chi connectivity index (χ1n) is 6.69. The lowest BCUT2D eigenvalue weighted by Crippen LogP contribution is -2.11. The number of hydrogen-bond acceptors (Lipinski definition) is 2. The molecule has 0 aromatic heterocycles. The molecule has 20 heavy (non-hydrogen) atoms. The van der Waals surface area contributed by atoms with Crippen LogP contribution < -0.4 is 4.74 Å². The highest BCUT2D eigenvalue weighted by Crippen LogP contribution is 2.16. The number of benzene rings is 2. The predicted molar refractivity (Wildman–Crippen MR) is 84.4 cm³/mol. The summed E-state index contributed by atoms with van der Waals surface area (Å²) in [5, 5.41) is 0. The van der Waals surface area contributed by atoms with E-state index in [9.17, 15) is 4.79 Å². The van der Waals surface area contributed by atoms with E-state index in [1.165, 1.54) is 5.56 Å². The molecule has 104 valence electrons. The van der Waals surface area contributed by atoms with Crippen molar-refractivity contribution < 1.29 is 9.53 Å². The van der Waals surface area contributed by atoms with Crippen LogP contribution in [-0.2, 0) is 6.42 Å². The van der Waals surface area contributed by atoms with Crippen molar-refractivity contribution in [2.45, 2.75) is 19.8 Å². The molecule has 0 saturated heterocycles. The molecule has 2 rings (SSSR count). The number of carbonyl (C=O) groups excluding carboxylic acids is 1. The van der Waals surface area contributed by atoms with Crippen molar-refractivity contribution in [3.05, 3.63) is 64.1 Å². The smallest absolute Gasteiger partial charge is 0.200 e. The molecule has 0 amide bonds. The molecule has 0 aliphatic carbocycles. The molecule has 0 spiro atoms. The van der Waals surface area contributed by atoms with Crippen LogP contribution in [0, 0.1) is 0 Å². The highest BCUT2D eigenvalue weighted by molar-refractivity contribution is 9.10. The lowest BCUT2D eigenvalue weighted by Gasteiger charge is -2.06. The van der Waals surface area contributed by atoms with Gasteiger partial charge in [0.05, 0.1) is 0 Å². The second-order valence-electron chi connectivity index (χ2n) is 4.61. The minimum absolute atomic E-state index is 0.00373. The SMILES string of the molecule is CCCc1ccc(C(=O)COc2ccc(Br)cc2)cc1. The third-order valence-electron chi connectivity index (χ3n) is 3.00. The maximum atomic E-state index is 12.0. The topological polar surface area (TPSA) is 26.3 Å². The van der Waals surface area contributed by atoms with E-state index in [1.807, 2.05) is 48.5 Å². The number of Topliss-reactive ketones (excluding diaryl/α,β-unsaturated/α-hetero) is 1. The minimum atomic E-state index is -0.00373. The molecular formula is C17H17BrO2. The number of hydrogen-bond donors (Lipinski definition) is 0. The Bertz CT molecular complexity index is 559. The molecule has 2 aromatic rings. The first kappa shape index (κ1) is 14.8. The minimum Gasteiger partial charge on any atom is -0.485 e. The second-order valence-corrected chi connectivity index (χ2v) is 5.53. The number of aryl methyl sites for hydroxylation is 1. The van der Waals surface area contributed by atoms with Crippen LogP contribution in [0.5, 0.6) is 5.75 Å². The summed E-state index contributed by atoms with van der Waals surface area (Å²) < 4.78 is 6.47. The Morgan fingerprint density at radius 1 is 1.05 bits per heavy atom. The van der Waals surface area contributed by atoms with Crippen molar-refractivity contribution in [3.63, 3.8) is 0 Å². The van der Waals surface area contributed by atoms with Crippen LogP contribution in [0.3, 0.4) is 0 Å². The van der Waals surface area contributed by atoms with Gasteiger partial charge in [-0.2, -0.15) is 0 Å². The summed E-state index contributed by atoms with van der Waals surface area (Å²) in [4.78, 5) is 12.0. The van der Waals surface area contributed by atoms with Gasteiger partial charge >= 0.3 is 0 Å². The molecule has 0 fully saturated rings. The van der Waals surface area contributed by atoms with E-state index in [4.69, 9.17) is 4.74 Å². The first-order valence-corrected chi connectivity index (χ1v) is 7.49. The van der Waals surface area contributed by atoms with E-state index in [2.05, 4.69) is 22.9 Å². The average molecular weight is 333 g/mol. The van der Waals surface area contributed by atoms with E-state index in [-0.39, 0.29) is 12.4 Å². The number of ether oxygens (including phenoxy) is 1. The van der Waals surface area contributed by atoms with Crippen molar-refractivity contribution in [2.75, 3.05) is 6.61 Å². The number of halogens is 1. The Labute approximate surface area is 127 Å². The van der Waals surface area contributed by atoms with Crippen molar-refractivity contribution in [1.29, 1.82) is 0 Å². The lowest BCUT2D eigenvalue weighted by atomic mass is 10.1. The molecule has 2 nitrogen and oxygen atoms in total. The zero-order valence-corrected chi connectivity index (χ0v) is 13.0. The molecule has 0 unspecified atom stereocenters. The summed E-state index contributed by atoms with van der Waals surface area (Å²) >= 11 is 3.36. The Morgan fingerprint density at radius 3 is 2.30 bits per heavy atom. The molecular weight excluding hydrogens is 316 g/mol. The largest absolute Gasteiger partial charge is 0.485 e. The van der Waals surface area contributed by atoms with E-state index in [0.29, 0.717) is 11.3 Å². The summed E-state index contributed by atoms with van der Waals surface area (Å²) in [6.07, 6.45) is 2.16. The maximum Gasteiger partial charge on any atom is 0.200 e. The number of ketones is 1. The lowest BCUT2D eigenvalue weighted by molar-refractivity contribution is 0.0921. The monoisotopic (exact) mass is 332 g/mol. The fraction of sp³-hybridized carbons (Fsp3) is 0.235. The van der Waals surface area contributed by atoms with Gasteiger partial charge in [0.2, 0.25) is 0 Å². The summed E-state index contributed by atoms with van der Waals surface area (Å²) in [6.45, 7) is 2.21. The average Bonchev–Trinajstić information content (AvgIpc) is 2.47. The van der Waals surface area contributed by atoms with Gasteiger partial charge in [0.15, 0.2) is 12.4 Å². The highest BCUT2D eigenvalue weighted by Gasteiger charge is 2.06. The van der Waals surface area contributed by atoms with E-state index >= 15 is 0 Å². The van der Waals surface area contributed by atoms with Gasteiger partial charge in [-0.25, -0.2) is 0 Å². The Kier molecular flexibility index (Phi) is 5.36. The van der Waals surface area contributed by atoms with Gasteiger partial charge in [0.25, 0.3) is 0 Å². The van der Waals surface area contributed by atoms with Gasteiger partial charge in [-0.3, -0.25) is 4.79 Å². The molecule has 0 radical (unpaired) electrons. The molecule has 0 heterocycles. The molecule has 0 saturated carbocycles. The Balaban J connectivity index is 1.92. The predicted octanol–water partition coefficient (Wildman–Crippen LogP) is 4.66.